The average molecular weight is 470 g/mol. The molecule has 0 spiro atoms. The first-order valence-corrected chi connectivity index (χ1v) is 10.6. The zero-order chi connectivity index (χ0) is 23.6. The van der Waals surface area contributed by atoms with Crippen LogP contribution in [-0.4, -0.2) is 29.7 Å². The van der Waals surface area contributed by atoms with E-state index in [1.807, 2.05) is 0 Å². The molecule has 0 aliphatic heterocycles. The van der Waals surface area contributed by atoms with Crippen LogP contribution < -0.4 is 11.2 Å². The van der Waals surface area contributed by atoms with Crippen molar-refractivity contribution in [1.82, 2.24) is 24.5 Å². The molecule has 0 unspecified atom stereocenters. The first-order valence-electron chi connectivity index (χ1n) is 10.2. The number of aliphatic hydroxyl groups is 1. The molecule has 0 fully saturated rings. The summed E-state index contributed by atoms with van der Waals surface area (Å²) in [5, 5.41) is 20.1. The predicted molar refractivity (Wildman–Crippen MR) is 121 cm³/mol. The minimum absolute atomic E-state index is 0.366. The maximum absolute atomic E-state index is 13.4. The van der Waals surface area contributed by atoms with E-state index in [2.05, 4.69) is 15.3 Å². The molecule has 0 saturated heterocycles. The average Bonchev–Trinajstić information content (AvgIpc) is 3.25. The molecule has 1 atom stereocenters. The first-order chi connectivity index (χ1) is 15.8. The van der Waals surface area contributed by atoms with E-state index in [1.54, 1.807) is 43.5 Å². The van der Waals surface area contributed by atoms with Crippen molar-refractivity contribution in [2.24, 2.45) is 0 Å². The smallest absolute Gasteiger partial charge is 0.328 e. The standard InChI is InChI=1S/C23H21ClFN5O3/c1-23(33,20-9-6-16(24)13-19(20)15-4-7-17(25)8-5-15)30-18(14-26-28-30)3-2-11-29-12-10-21(31)27-22(29)32/h4-10,12-14,33H,2-3,11H2,1H3,(H,27,31,32)/t23-/m0/s1. The molecule has 170 valence electrons. The first kappa shape index (κ1) is 22.6. The van der Waals surface area contributed by atoms with Gasteiger partial charge < -0.3 is 9.67 Å². The van der Waals surface area contributed by atoms with Crippen molar-refractivity contribution in [3.63, 3.8) is 0 Å². The highest BCUT2D eigenvalue weighted by Gasteiger charge is 2.31. The van der Waals surface area contributed by atoms with E-state index in [0.29, 0.717) is 46.8 Å². The van der Waals surface area contributed by atoms with Gasteiger partial charge in [-0.05, 0) is 55.2 Å². The second-order valence-corrected chi connectivity index (χ2v) is 8.20. The molecule has 0 aliphatic carbocycles. The number of nitrogens with zero attached hydrogens (tertiary/aromatic N) is 4. The Labute approximate surface area is 192 Å². The summed E-state index contributed by atoms with van der Waals surface area (Å²) >= 11 is 6.21. The van der Waals surface area contributed by atoms with E-state index in [1.165, 1.54) is 33.6 Å². The maximum Gasteiger partial charge on any atom is 0.328 e. The van der Waals surface area contributed by atoms with Crippen molar-refractivity contribution in [3.05, 3.63) is 104 Å². The number of nitrogens with one attached hydrogen (secondary N) is 1. The predicted octanol–water partition coefficient (Wildman–Crippen LogP) is 2.93. The topological polar surface area (TPSA) is 106 Å². The normalized spacial score (nSPS) is 13.1. The van der Waals surface area contributed by atoms with Crippen LogP contribution in [0.2, 0.25) is 5.02 Å². The molecule has 4 aromatic rings. The molecule has 0 aliphatic rings. The SMILES string of the molecule is C[C@](O)(c1ccc(Cl)cc1-c1ccc(F)cc1)n1nncc1CCCn1ccc(=O)[nH]c1=O. The lowest BCUT2D eigenvalue weighted by Crippen LogP contribution is -2.34. The van der Waals surface area contributed by atoms with Crippen LogP contribution in [0, 0.1) is 5.82 Å². The van der Waals surface area contributed by atoms with Gasteiger partial charge in [0.2, 0.25) is 0 Å². The number of aryl methyl sites for hydroxylation is 2. The minimum Gasteiger partial charge on any atom is -0.365 e. The highest BCUT2D eigenvalue weighted by atomic mass is 35.5. The number of halogens is 2. The molecular weight excluding hydrogens is 449 g/mol. The van der Waals surface area contributed by atoms with Crippen LogP contribution in [0.15, 0.2) is 70.5 Å². The van der Waals surface area contributed by atoms with Gasteiger partial charge in [-0.25, -0.2) is 13.9 Å². The summed E-state index contributed by atoms with van der Waals surface area (Å²) in [4.78, 5) is 25.3. The second kappa shape index (κ2) is 9.13. The van der Waals surface area contributed by atoms with Gasteiger partial charge in [0.05, 0.1) is 11.9 Å². The fourth-order valence-corrected chi connectivity index (χ4v) is 3.93. The number of hydrogen-bond acceptors (Lipinski definition) is 5. The summed E-state index contributed by atoms with van der Waals surface area (Å²) in [5.41, 5.74) is -0.0306. The van der Waals surface area contributed by atoms with Crippen molar-refractivity contribution < 1.29 is 9.50 Å². The molecule has 2 aromatic heterocycles. The van der Waals surface area contributed by atoms with Gasteiger partial charge in [-0.1, -0.05) is 35.0 Å². The van der Waals surface area contributed by atoms with Gasteiger partial charge >= 0.3 is 5.69 Å². The van der Waals surface area contributed by atoms with Crippen LogP contribution in [0.3, 0.4) is 0 Å². The van der Waals surface area contributed by atoms with Gasteiger partial charge in [0.25, 0.3) is 5.56 Å². The quantitative estimate of drug-likeness (QED) is 0.433. The Balaban J connectivity index is 1.63. The summed E-state index contributed by atoms with van der Waals surface area (Å²) in [6.07, 6.45) is 4.00. The Morgan fingerprint density at radius 2 is 1.91 bits per heavy atom. The van der Waals surface area contributed by atoms with Crippen molar-refractivity contribution in [2.75, 3.05) is 0 Å². The highest BCUT2D eigenvalue weighted by Crippen LogP contribution is 2.35. The summed E-state index contributed by atoms with van der Waals surface area (Å²) < 4.78 is 16.3. The fraction of sp³-hybridized carbons (Fsp3) is 0.217. The molecule has 10 heteroatoms. The number of rotatable bonds is 7. The Hall–Kier alpha value is -3.56. The fourth-order valence-electron chi connectivity index (χ4n) is 3.76. The van der Waals surface area contributed by atoms with Gasteiger partial charge in [0, 0.05) is 29.4 Å². The zero-order valence-electron chi connectivity index (χ0n) is 17.7. The second-order valence-electron chi connectivity index (χ2n) is 7.76. The lowest BCUT2D eigenvalue weighted by molar-refractivity contribution is 0.00886. The Morgan fingerprint density at radius 3 is 2.64 bits per heavy atom. The summed E-state index contributed by atoms with van der Waals surface area (Å²) in [6.45, 7) is 1.96. The lowest BCUT2D eigenvalue weighted by Gasteiger charge is -2.28. The molecule has 0 radical (unpaired) electrons. The molecule has 2 heterocycles. The van der Waals surface area contributed by atoms with Crippen LogP contribution in [0.1, 0.15) is 24.6 Å². The van der Waals surface area contributed by atoms with Crippen LogP contribution in [0.4, 0.5) is 4.39 Å². The monoisotopic (exact) mass is 469 g/mol. The summed E-state index contributed by atoms with van der Waals surface area (Å²) in [6, 6.07) is 12.3. The third kappa shape index (κ3) is 4.79. The molecule has 8 nitrogen and oxygen atoms in total. The molecule has 33 heavy (non-hydrogen) atoms. The third-order valence-electron chi connectivity index (χ3n) is 5.41. The van der Waals surface area contributed by atoms with Crippen molar-refractivity contribution in [1.29, 1.82) is 0 Å². The zero-order valence-corrected chi connectivity index (χ0v) is 18.5. The molecule has 0 amide bonds. The maximum atomic E-state index is 13.4. The van der Waals surface area contributed by atoms with Gasteiger partial charge in [0.1, 0.15) is 5.82 Å². The van der Waals surface area contributed by atoms with Crippen molar-refractivity contribution in [2.45, 2.75) is 32.0 Å². The number of hydrogen-bond donors (Lipinski definition) is 2. The minimum atomic E-state index is -1.59. The van der Waals surface area contributed by atoms with Gasteiger partial charge in [-0.15, -0.1) is 5.10 Å². The number of H-pyrrole nitrogens is 1. The van der Waals surface area contributed by atoms with Gasteiger partial charge in [-0.3, -0.25) is 9.78 Å². The molecule has 2 aromatic carbocycles. The van der Waals surface area contributed by atoms with E-state index >= 15 is 0 Å². The van der Waals surface area contributed by atoms with E-state index in [-0.39, 0.29) is 5.82 Å². The van der Waals surface area contributed by atoms with Crippen molar-refractivity contribution in [3.8, 4) is 11.1 Å². The van der Waals surface area contributed by atoms with Crippen LogP contribution in [0.25, 0.3) is 11.1 Å². The summed E-state index contributed by atoms with van der Waals surface area (Å²) in [7, 11) is 0. The van der Waals surface area contributed by atoms with E-state index in [9.17, 15) is 19.1 Å². The van der Waals surface area contributed by atoms with E-state index in [0.717, 1.165) is 0 Å². The summed E-state index contributed by atoms with van der Waals surface area (Å²) in [5.74, 6) is -0.366. The number of aromatic amines is 1. The number of aromatic nitrogens is 5. The number of benzene rings is 2. The van der Waals surface area contributed by atoms with Crippen LogP contribution in [0.5, 0.6) is 0 Å². The Kier molecular flexibility index (Phi) is 6.26. The van der Waals surface area contributed by atoms with E-state index < -0.39 is 17.0 Å². The molecule has 4 rings (SSSR count). The van der Waals surface area contributed by atoms with Crippen LogP contribution >= 0.6 is 11.6 Å². The Morgan fingerprint density at radius 1 is 1.15 bits per heavy atom. The third-order valence-corrected chi connectivity index (χ3v) is 5.64. The molecular formula is C23H21ClFN5O3. The van der Waals surface area contributed by atoms with Crippen molar-refractivity contribution >= 4 is 11.6 Å². The van der Waals surface area contributed by atoms with Crippen LogP contribution in [-0.2, 0) is 18.7 Å². The Bertz CT molecular complexity index is 1390. The lowest BCUT2D eigenvalue weighted by atomic mass is 9.93. The molecule has 0 bridgehead atoms. The van der Waals surface area contributed by atoms with Gasteiger partial charge in [0.15, 0.2) is 5.72 Å². The van der Waals surface area contributed by atoms with E-state index in [4.69, 9.17) is 11.6 Å². The highest BCUT2D eigenvalue weighted by molar-refractivity contribution is 6.30. The molecule has 0 saturated carbocycles. The molecule has 2 N–H and O–H groups in total. The largest absolute Gasteiger partial charge is 0.365 e. The van der Waals surface area contributed by atoms with Gasteiger partial charge in [-0.2, -0.15) is 0 Å².